The number of aryl methyl sites for hydroxylation is 1. The van der Waals surface area contributed by atoms with Crippen molar-refractivity contribution in [2.24, 2.45) is 13.0 Å². The second-order valence-corrected chi connectivity index (χ2v) is 5.41. The van der Waals surface area contributed by atoms with Gasteiger partial charge in [-0.15, -0.1) is 0 Å². The predicted octanol–water partition coefficient (Wildman–Crippen LogP) is 1.42. The number of benzene rings is 1. The molecular formula is C15H19N3O2. The maximum atomic E-state index is 12.6. The molecule has 1 N–H and O–H groups in total. The van der Waals surface area contributed by atoms with Crippen LogP contribution >= 0.6 is 0 Å². The number of hydrogen-bond acceptors (Lipinski definition) is 3. The van der Waals surface area contributed by atoms with Crippen LogP contribution in [0, 0.1) is 5.92 Å². The molecule has 1 aromatic carbocycles. The largest absolute Gasteiger partial charge is 0.396 e. The number of carbonyl (C=O) groups is 1. The lowest BCUT2D eigenvalue weighted by Crippen LogP contribution is -2.29. The third kappa shape index (κ3) is 2.18. The van der Waals surface area contributed by atoms with E-state index in [0.717, 1.165) is 36.8 Å². The number of nitrogens with zero attached hydrogens (tertiary/aromatic N) is 3. The maximum Gasteiger partial charge on any atom is 0.275 e. The molecule has 1 amide bonds. The van der Waals surface area contributed by atoms with Crippen LogP contribution in [0.25, 0.3) is 10.9 Å². The molecule has 5 nitrogen and oxygen atoms in total. The van der Waals surface area contributed by atoms with E-state index in [4.69, 9.17) is 5.11 Å². The minimum absolute atomic E-state index is 0.00207. The Balaban J connectivity index is 1.86. The number of rotatable bonds is 3. The number of amides is 1. The molecule has 0 saturated carbocycles. The molecule has 1 fully saturated rings. The van der Waals surface area contributed by atoms with Gasteiger partial charge in [0.25, 0.3) is 5.91 Å². The third-order valence-electron chi connectivity index (χ3n) is 4.07. The zero-order valence-electron chi connectivity index (χ0n) is 11.6. The second kappa shape index (κ2) is 5.25. The molecule has 20 heavy (non-hydrogen) atoms. The summed E-state index contributed by atoms with van der Waals surface area (Å²) in [7, 11) is 1.86. The van der Waals surface area contributed by atoms with Gasteiger partial charge in [-0.1, -0.05) is 18.2 Å². The number of hydrogen-bond donors (Lipinski definition) is 1. The molecule has 1 saturated heterocycles. The van der Waals surface area contributed by atoms with Crippen molar-refractivity contribution in [3.05, 3.63) is 30.0 Å². The van der Waals surface area contributed by atoms with E-state index in [9.17, 15) is 4.79 Å². The first kappa shape index (κ1) is 13.1. The Morgan fingerprint density at radius 2 is 2.25 bits per heavy atom. The van der Waals surface area contributed by atoms with Gasteiger partial charge in [0.15, 0.2) is 5.69 Å². The highest BCUT2D eigenvalue weighted by Gasteiger charge is 2.29. The molecule has 1 atom stereocenters. The minimum Gasteiger partial charge on any atom is -0.396 e. The molecule has 0 radical (unpaired) electrons. The van der Waals surface area contributed by atoms with Gasteiger partial charge in [-0.3, -0.25) is 9.48 Å². The number of para-hydroxylation sites is 1. The quantitative estimate of drug-likeness (QED) is 0.920. The molecule has 106 valence electrons. The van der Waals surface area contributed by atoms with E-state index in [2.05, 4.69) is 5.10 Å². The second-order valence-electron chi connectivity index (χ2n) is 5.41. The first-order valence-corrected chi connectivity index (χ1v) is 7.02. The number of likely N-dealkylation sites (tertiary alicyclic amines) is 1. The van der Waals surface area contributed by atoms with Crippen molar-refractivity contribution < 1.29 is 9.90 Å². The summed E-state index contributed by atoms with van der Waals surface area (Å²) in [6.45, 7) is 1.68. The molecule has 3 rings (SSSR count). The van der Waals surface area contributed by atoms with Gasteiger partial charge in [-0.2, -0.15) is 5.10 Å². The highest BCUT2D eigenvalue weighted by atomic mass is 16.3. The van der Waals surface area contributed by atoms with Gasteiger partial charge in [-0.25, -0.2) is 0 Å². The van der Waals surface area contributed by atoms with Crippen LogP contribution in [-0.2, 0) is 7.05 Å². The van der Waals surface area contributed by atoms with E-state index in [1.54, 1.807) is 4.68 Å². The van der Waals surface area contributed by atoms with E-state index in [-0.39, 0.29) is 12.5 Å². The summed E-state index contributed by atoms with van der Waals surface area (Å²) in [6, 6.07) is 7.79. The van der Waals surface area contributed by atoms with Crippen molar-refractivity contribution in [1.82, 2.24) is 14.7 Å². The summed E-state index contributed by atoms with van der Waals surface area (Å²) >= 11 is 0. The normalized spacial score (nSPS) is 18.9. The molecule has 0 spiro atoms. The van der Waals surface area contributed by atoms with Gasteiger partial charge in [0.2, 0.25) is 0 Å². The zero-order chi connectivity index (χ0) is 14.1. The highest BCUT2D eigenvalue weighted by molar-refractivity contribution is 6.04. The Hall–Kier alpha value is -1.88. The van der Waals surface area contributed by atoms with Crippen molar-refractivity contribution in [3.63, 3.8) is 0 Å². The maximum absolute atomic E-state index is 12.6. The lowest BCUT2D eigenvalue weighted by Gasteiger charge is -2.15. The van der Waals surface area contributed by atoms with Crippen LogP contribution in [0.2, 0.25) is 0 Å². The fourth-order valence-electron chi connectivity index (χ4n) is 2.96. The summed E-state index contributed by atoms with van der Waals surface area (Å²) in [5.74, 6) is 0.418. The van der Waals surface area contributed by atoms with Gasteiger partial charge in [0.1, 0.15) is 0 Å². The monoisotopic (exact) mass is 273 g/mol. The average Bonchev–Trinajstić information content (AvgIpc) is 3.05. The Kier molecular flexibility index (Phi) is 3.44. The van der Waals surface area contributed by atoms with Crippen LogP contribution in [0.3, 0.4) is 0 Å². The molecular weight excluding hydrogens is 254 g/mol. The highest BCUT2D eigenvalue weighted by Crippen LogP contribution is 2.24. The minimum atomic E-state index is 0.00207. The number of fused-ring (bicyclic) bond motifs is 1. The first-order valence-electron chi connectivity index (χ1n) is 7.02. The average molecular weight is 273 g/mol. The molecule has 1 aliphatic heterocycles. The summed E-state index contributed by atoms with van der Waals surface area (Å²) in [4.78, 5) is 14.5. The number of carbonyl (C=O) groups excluding carboxylic acids is 1. The van der Waals surface area contributed by atoms with E-state index >= 15 is 0 Å². The van der Waals surface area contributed by atoms with E-state index in [0.29, 0.717) is 11.6 Å². The first-order chi connectivity index (χ1) is 9.70. The van der Waals surface area contributed by atoms with Crippen LogP contribution in [-0.4, -0.2) is 45.4 Å². The van der Waals surface area contributed by atoms with E-state index < -0.39 is 0 Å². The molecule has 1 unspecified atom stereocenters. The zero-order valence-corrected chi connectivity index (χ0v) is 11.6. The predicted molar refractivity (Wildman–Crippen MR) is 76.4 cm³/mol. The number of aromatic nitrogens is 2. The summed E-state index contributed by atoms with van der Waals surface area (Å²) in [5.41, 5.74) is 1.51. The fraction of sp³-hybridized carbons (Fsp3) is 0.467. The molecule has 1 aliphatic rings. The smallest absolute Gasteiger partial charge is 0.275 e. The Morgan fingerprint density at radius 1 is 1.45 bits per heavy atom. The fourth-order valence-corrected chi connectivity index (χ4v) is 2.96. The van der Waals surface area contributed by atoms with Gasteiger partial charge in [0.05, 0.1) is 5.52 Å². The Labute approximate surface area is 117 Å². The van der Waals surface area contributed by atoms with Crippen molar-refractivity contribution in [2.75, 3.05) is 19.7 Å². The number of aliphatic hydroxyl groups is 1. The van der Waals surface area contributed by atoms with Crippen molar-refractivity contribution in [2.45, 2.75) is 12.8 Å². The molecule has 1 aromatic heterocycles. The topological polar surface area (TPSA) is 58.4 Å². The standard InChI is InChI=1S/C15H19N3O2/c1-17-13-5-3-2-4-12(13)14(16-17)15(20)18-8-6-11(10-18)7-9-19/h2-5,11,19H,6-10H2,1H3. The summed E-state index contributed by atoms with van der Waals surface area (Å²) < 4.78 is 1.75. The molecule has 2 heterocycles. The summed E-state index contributed by atoms with van der Waals surface area (Å²) in [6.07, 6.45) is 1.74. The summed E-state index contributed by atoms with van der Waals surface area (Å²) in [5, 5.41) is 14.3. The van der Waals surface area contributed by atoms with Crippen LogP contribution in [0.5, 0.6) is 0 Å². The van der Waals surface area contributed by atoms with Crippen molar-refractivity contribution in [1.29, 1.82) is 0 Å². The van der Waals surface area contributed by atoms with E-state index in [1.807, 2.05) is 36.2 Å². The molecule has 2 aromatic rings. The Morgan fingerprint density at radius 3 is 3.05 bits per heavy atom. The lowest BCUT2D eigenvalue weighted by molar-refractivity contribution is 0.0780. The van der Waals surface area contributed by atoms with Crippen LogP contribution < -0.4 is 0 Å². The molecule has 0 bridgehead atoms. The number of aliphatic hydroxyl groups excluding tert-OH is 1. The van der Waals surface area contributed by atoms with Crippen molar-refractivity contribution in [3.8, 4) is 0 Å². The molecule has 5 heteroatoms. The molecule has 0 aliphatic carbocycles. The van der Waals surface area contributed by atoms with Gasteiger partial charge in [0, 0.05) is 32.1 Å². The van der Waals surface area contributed by atoms with Crippen LogP contribution in [0.1, 0.15) is 23.3 Å². The van der Waals surface area contributed by atoms with Crippen LogP contribution in [0.15, 0.2) is 24.3 Å². The van der Waals surface area contributed by atoms with E-state index in [1.165, 1.54) is 0 Å². The van der Waals surface area contributed by atoms with Gasteiger partial charge in [-0.05, 0) is 24.8 Å². The lowest BCUT2D eigenvalue weighted by atomic mass is 10.1. The van der Waals surface area contributed by atoms with Gasteiger partial charge >= 0.3 is 0 Å². The van der Waals surface area contributed by atoms with Gasteiger partial charge < -0.3 is 10.0 Å². The Bertz CT molecular complexity index is 635. The van der Waals surface area contributed by atoms with Crippen LogP contribution in [0.4, 0.5) is 0 Å². The SMILES string of the molecule is Cn1nc(C(=O)N2CCC(CCO)C2)c2ccccc21. The van der Waals surface area contributed by atoms with Crippen molar-refractivity contribution >= 4 is 16.8 Å². The third-order valence-corrected chi connectivity index (χ3v) is 4.07.